The fraction of sp³-hybridized carbons (Fsp3) is 0.963. The molecule has 3 saturated carbocycles. The molecule has 0 aromatic carbocycles. The smallest absolute Gasteiger partial charge is 0.302 e. The molecule has 0 aliphatic heterocycles. The Morgan fingerprint density at radius 1 is 0.655 bits per heavy atom. The molecule has 0 radical (unpaired) electrons. The molecule has 0 atom stereocenters. The second-order valence-corrected chi connectivity index (χ2v) is 10.8. The van der Waals surface area contributed by atoms with Crippen LogP contribution in [0.4, 0.5) is 0 Å². The third kappa shape index (κ3) is 7.59. The zero-order valence-corrected chi connectivity index (χ0v) is 19.5. The van der Waals surface area contributed by atoms with Gasteiger partial charge in [0.25, 0.3) is 0 Å². The summed E-state index contributed by atoms with van der Waals surface area (Å²) in [5.41, 5.74) is 0. The monoisotopic (exact) mass is 404 g/mol. The highest BCUT2D eigenvalue weighted by atomic mass is 16.5. The van der Waals surface area contributed by atoms with Crippen molar-refractivity contribution < 1.29 is 9.53 Å². The van der Waals surface area contributed by atoms with E-state index in [2.05, 4.69) is 6.92 Å². The third-order valence-corrected chi connectivity index (χ3v) is 8.81. The zero-order valence-electron chi connectivity index (χ0n) is 19.5. The maximum absolute atomic E-state index is 11.2. The van der Waals surface area contributed by atoms with Gasteiger partial charge in [-0.05, 0) is 93.8 Å². The maximum Gasteiger partial charge on any atom is 0.302 e. The standard InChI is InChI=1S/C27H48O2/c1-3-4-5-6-7-8-22-9-11-23(12-10-22)24-13-15-25(16-14-24)26-17-19-27(20-18-26)29-21(2)28/h22-27H,3-20H2,1-2H3. The molecular formula is C27H48O2. The molecule has 3 fully saturated rings. The van der Waals surface area contributed by atoms with Crippen LogP contribution < -0.4 is 0 Å². The summed E-state index contributed by atoms with van der Waals surface area (Å²) in [6.45, 7) is 3.86. The van der Waals surface area contributed by atoms with Gasteiger partial charge in [0.15, 0.2) is 0 Å². The summed E-state index contributed by atoms with van der Waals surface area (Å²) in [7, 11) is 0. The van der Waals surface area contributed by atoms with E-state index in [0.29, 0.717) is 0 Å². The van der Waals surface area contributed by atoms with Crippen molar-refractivity contribution in [3.63, 3.8) is 0 Å². The fourth-order valence-electron chi connectivity index (χ4n) is 6.99. The van der Waals surface area contributed by atoms with Crippen molar-refractivity contribution in [3.8, 4) is 0 Å². The lowest BCUT2D eigenvalue weighted by Gasteiger charge is -2.41. The van der Waals surface area contributed by atoms with Gasteiger partial charge in [0.1, 0.15) is 6.10 Å². The number of esters is 1. The van der Waals surface area contributed by atoms with E-state index in [1.54, 1.807) is 6.92 Å². The normalized spacial score (nSPS) is 35.9. The van der Waals surface area contributed by atoms with Crippen molar-refractivity contribution in [2.45, 2.75) is 136 Å². The molecule has 3 aliphatic carbocycles. The van der Waals surface area contributed by atoms with E-state index in [1.165, 1.54) is 103 Å². The molecule has 2 heteroatoms. The lowest BCUT2D eigenvalue weighted by atomic mass is 9.65. The van der Waals surface area contributed by atoms with E-state index in [-0.39, 0.29) is 12.1 Å². The average molecular weight is 405 g/mol. The molecule has 3 rings (SSSR count). The van der Waals surface area contributed by atoms with Crippen molar-refractivity contribution in [1.82, 2.24) is 0 Å². The third-order valence-electron chi connectivity index (χ3n) is 8.81. The van der Waals surface area contributed by atoms with E-state index in [0.717, 1.165) is 42.4 Å². The summed E-state index contributed by atoms with van der Waals surface area (Å²) in [6.07, 6.45) is 25.8. The lowest BCUT2D eigenvalue weighted by Crippen LogP contribution is -2.31. The quantitative estimate of drug-likeness (QED) is 0.287. The number of unbranched alkanes of at least 4 members (excludes halogenated alkanes) is 4. The minimum atomic E-state index is -0.0971. The fourth-order valence-corrected chi connectivity index (χ4v) is 6.99. The largest absolute Gasteiger partial charge is 0.463 e. The van der Waals surface area contributed by atoms with Gasteiger partial charge >= 0.3 is 5.97 Å². The number of hydrogen-bond acceptors (Lipinski definition) is 2. The highest BCUT2D eigenvalue weighted by molar-refractivity contribution is 5.66. The molecule has 0 spiro atoms. The SMILES string of the molecule is CCCCCCCC1CCC(C2CCC(C3CCC(OC(C)=O)CC3)CC2)CC1. The summed E-state index contributed by atoms with van der Waals surface area (Å²) < 4.78 is 5.43. The van der Waals surface area contributed by atoms with E-state index >= 15 is 0 Å². The minimum Gasteiger partial charge on any atom is -0.463 e. The molecule has 0 N–H and O–H groups in total. The van der Waals surface area contributed by atoms with E-state index in [4.69, 9.17) is 4.74 Å². The Labute approximate surface area is 180 Å². The van der Waals surface area contributed by atoms with Crippen LogP contribution in [0.3, 0.4) is 0 Å². The van der Waals surface area contributed by atoms with Crippen molar-refractivity contribution in [3.05, 3.63) is 0 Å². The zero-order chi connectivity index (χ0) is 20.5. The molecule has 0 amide bonds. The summed E-state index contributed by atoms with van der Waals surface area (Å²) in [6, 6.07) is 0. The van der Waals surface area contributed by atoms with Gasteiger partial charge in [0, 0.05) is 6.92 Å². The number of hydrogen-bond donors (Lipinski definition) is 0. The van der Waals surface area contributed by atoms with Crippen LogP contribution in [-0.2, 0) is 9.53 Å². The Morgan fingerprint density at radius 3 is 1.59 bits per heavy atom. The highest BCUT2D eigenvalue weighted by Crippen LogP contribution is 2.46. The molecule has 0 heterocycles. The van der Waals surface area contributed by atoms with Gasteiger partial charge in [-0.25, -0.2) is 0 Å². The molecule has 3 aliphatic rings. The van der Waals surface area contributed by atoms with Crippen LogP contribution in [0.5, 0.6) is 0 Å². The number of ether oxygens (including phenoxy) is 1. The van der Waals surface area contributed by atoms with Gasteiger partial charge in [-0.15, -0.1) is 0 Å². The first kappa shape index (κ1) is 23.1. The lowest BCUT2D eigenvalue weighted by molar-refractivity contribution is -0.148. The van der Waals surface area contributed by atoms with Crippen LogP contribution >= 0.6 is 0 Å². The Bertz CT molecular complexity index is 449. The molecule has 2 nitrogen and oxygen atoms in total. The van der Waals surface area contributed by atoms with E-state index in [9.17, 15) is 4.79 Å². The summed E-state index contributed by atoms with van der Waals surface area (Å²) in [5.74, 6) is 4.91. The van der Waals surface area contributed by atoms with E-state index in [1.807, 2.05) is 0 Å². The predicted molar refractivity (Wildman–Crippen MR) is 122 cm³/mol. The molecule has 0 aromatic rings. The molecule has 29 heavy (non-hydrogen) atoms. The van der Waals surface area contributed by atoms with E-state index < -0.39 is 0 Å². The van der Waals surface area contributed by atoms with Crippen molar-refractivity contribution >= 4 is 5.97 Å². The molecule has 168 valence electrons. The Morgan fingerprint density at radius 2 is 1.10 bits per heavy atom. The minimum absolute atomic E-state index is 0.0971. The van der Waals surface area contributed by atoms with Gasteiger partial charge in [0.2, 0.25) is 0 Å². The Kier molecular flexibility index (Phi) is 9.86. The molecule has 0 unspecified atom stereocenters. The summed E-state index contributed by atoms with van der Waals surface area (Å²) in [4.78, 5) is 11.2. The summed E-state index contributed by atoms with van der Waals surface area (Å²) >= 11 is 0. The molecule has 0 saturated heterocycles. The van der Waals surface area contributed by atoms with Crippen molar-refractivity contribution in [2.75, 3.05) is 0 Å². The van der Waals surface area contributed by atoms with Crippen LogP contribution in [0.1, 0.15) is 129 Å². The number of rotatable bonds is 9. The molecule has 0 aromatic heterocycles. The first-order valence-electron chi connectivity index (χ1n) is 13.3. The molecule has 0 bridgehead atoms. The van der Waals surface area contributed by atoms with Gasteiger partial charge < -0.3 is 4.74 Å². The number of carbonyl (C=O) groups is 1. The summed E-state index contributed by atoms with van der Waals surface area (Å²) in [5, 5.41) is 0. The second kappa shape index (κ2) is 12.4. The second-order valence-electron chi connectivity index (χ2n) is 10.8. The van der Waals surface area contributed by atoms with Crippen LogP contribution in [-0.4, -0.2) is 12.1 Å². The average Bonchev–Trinajstić information content (AvgIpc) is 2.74. The van der Waals surface area contributed by atoms with Gasteiger partial charge in [-0.3, -0.25) is 4.79 Å². The van der Waals surface area contributed by atoms with Crippen molar-refractivity contribution in [2.24, 2.45) is 29.6 Å². The van der Waals surface area contributed by atoms with Crippen LogP contribution in [0.15, 0.2) is 0 Å². The van der Waals surface area contributed by atoms with Gasteiger partial charge in [-0.1, -0.05) is 58.3 Å². The van der Waals surface area contributed by atoms with Crippen LogP contribution in [0, 0.1) is 29.6 Å². The number of carbonyl (C=O) groups excluding carboxylic acids is 1. The van der Waals surface area contributed by atoms with Crippen molar-refractivity contribution in [1.29, 1.82) is 0 Å². The Balaban J connectivity index is 1.28. The first-order chi connectivity index (χ1) is 14.2. The predicted octanol–water partition coefficient (Wildman–Crippen LogP) is 8.08. The Hall–Kier alpha value is -0.530. The topological polar surface area (TPSA) is 26.3 Å². The van der Waals surface area contributed by atoms with Gasteiger partial charge in [-0.2, -0.15) is 0 Å². The maximum atomic E-state index is 11.2. The van der Waals surface area contributed by atoms with Crippen LogP contribution in [0.25, 0.3) is 0 Å². The van der Waals surface area contributed by atoms with Gasteiger partial charge in [0.05, 0.1) is 0 Å². The van der Waals surface area contributed by atoms with Crippen LogP contribution in [0.2, 0.25) is 0 Å². The highest BCUT2D eigenvalue weighted by Gasteiger charge is 2.35. The first-order valence-corrected chi connectivity index (χ1v) is 13.3. The molecular weight excluding hydrogens is 356 g/mol.